The topological polar surface area (TPSA) is 66.5 Å². The van der Waals surface area contributed by atoms with Crippen LogP contribution in [0.2, 0.25) is 0 Å². The number of carbonyl (C=O) groups is 1. The van der Waals surface area contributed by atoms with Crippen molar-refractivity contribution in [1.82, 2.24) is 9.62 Å². The molecule has 0 bridgehead atoms. The van der Waals surface area contributed by atoms with Crippen LogP contribution in [0.25, 0.3) is 0 Å². The smallest absolute Gasteiger partial charge is 0.244 e. The van der Waals surface area contributed by atoms with Gasteiger partial charge in [0, 0.05) is 14.1 Å². The second-order valence-electron chi connectivity index (χ2n) is 5.53. The lowest BCUT2D eigenvalue weighted by Gasteiger charge is -2.22. The molecule has 1 unspecified atom stereocenters. The number of rotatable bonds is 6. The van der Waals surface area contributed by atoms with Gasteiger partial charge in [-0.15, -0.1) is 0 Å². The van der Waals surface area contributed by atoms with E-state index in [0.717, 1.165) is 17.7 Å². The fourth-order valence-corrected chi connectivity index (χ4v) is 3.52. The maximum Gasteiger partial charge on any atom is 0.244 e. The van der Waals surface area contributed by atoms with Gasteiger partial charge in [-0.1, -0.05) is 42.5 Å². The van der Waals surface area contributed by atoms with E-state index in [4.69, 9.17) is 0 Å². The molecule has 0 radical (unpaired) electrons. The Bertz CT molecular complexity index is 808. The molecule has 0 fully saturated rings. The SMILES string of the molecule is CN(C)C(=O)C(Cc1ccccc1)NS(=O)(=O)c1ccccc1F. The minimum atomic E-state index is -4.16. The van der Waals surface area contributed by atoms with Gasteiger partial charge in [0.05, 0.1) is 0 Å². The molecule has 5 nitrogen and oxygen atoms in total. The lowest BCUT2D eigenvalue weighted by molar-refractivity contribution is -0.130. The Morgan fingerprint density at radius 1 is 1.08 bits per heavy atom. The molecule has 0 spiro atoms. The highest BCUT2D eigenvalue weighted by molar-refractivity contribution is 7.89. The Kier molecular flexibility index (Phi) is 5.69. The zero-order chi connectivity index (χ0) is 17.7. The molecule has 1 amide bonds. The van der Waals surface area contributed by atoms with Gasteiger partial charge < -0.3 is 4.90 Å². The Hall–Kier alpha value is -2.25. The molecule has 2 aromatic carbocycles. The summed E-state index contributed by atoms with van der Waals surface area (Å²) in [5, 5.41) is 0. The van der Waals surface area contributed by atoms with Crippen molar-refractivity contribution in [1.29, 1.82) is 0 Å². The van der Waals surface area contributed by atoms with Crippen molar-refractivity contribution < 1.29 is 17.6 Å². The summed E-state index contributed by atoms with van der Waals surface area (Å²) >= 11 is 0. The Morgan fingerprint density at radius 2 is 1.67 bits per heavy atom. The summed E-state index contributed by atoms with van der Waals surface area (Å²) in [7, 11) is -1.08. The number of nitrogens with one attached hydrogen (secondary N) is 1. The highest BCUT2D eigenvalue weighted by Crippen LogP contribution is 2.15. The average molecular weight is 350 g/mol. The van der Waals surface area contributed by atoms with Crippen molar-refractivity contribution in [3.8, 4) is 0 Å². The summed E-state index contributed by atoms with van der Waals surface area (Å²) in [5.41, 5.74) is 0.800. The minimum absolute atomic E-state index is 0.172. The summed E-state index contributed by atoms with van der Waals surface area (Å²) < 4.78 is 41.0. The Labute approximate surface area is 141 Å². The van der Waals surface area contributed by atoms with E-state index >= 15 is 0 Å². The predicted molar refractivity (Wildman–Crippen MR) is 89.3 cm³/mol. The maximum atomic E-state index is 13.8. The summed E-state index contributed by atoms with van der Waals surface area (Å²) in [6.07, 6.45) is 0.172. The zero-order valence-corrected chi connectivity index (χ0v) is 14.3. The van der Waals surface area contributed by atoms with Crippen molar-refractivity contribution in [2.24, 2.45) is 0 Å². The molecule has 24 heavy (non-hydrogen) atoms. The van der Waals surface area contributed by atoms with E-state index in [0.29, 0.717) is 0 Å². The number of hydrogen-bond acceptors (Lipinski definition) is 3. The third-order valence-corrected chi connectivity index (χ3v) is 4.95. The van der Waals surface area contributed by atoms with Gasteiger partial charge >= 0.3 is 0 Å². The van der Waals surface area contributed by atoms with Gasteiger partial charge in [-0.25, -0.2) is 12.8 Å². The largest absolute Gasteiger partial charge is 0.347 e. The monoisotopic (exact) mass is 350 g/mol. The highest BCUT2D eigenvalue weighted by Gasteiger charge is 2.28. The van der Waals surface area contributed by atoms with E-state index in [1.165, 1.54) is 31.1 Å². The fraction of sp³-hybridized carbons (Fsp3) is 0.235. The molecule has 0 aliphatic rings. The normalized spacial score (nSPS) is 12.6. The van der Waals surface area contributed by atoms with Gasteiger partial charge in [0.25, 0.3) is 0 Å². The maximum absolute atomic E-state index is 13.8. The molecule has 128 valence electrons. The van der Waals surface area contributed by atoms with Crippen molar-refractivity contribution >= 4 is 15.9 Å². The quantitative estimate of drug-likeness (QED) is 0.864. The van der Waals surface area contributed by atoms with Crippen LogP contribution >= 0.6 is 0 Å². The van der Waals surface area contributed by atoms with Crippen LogP contribution in [0.15, 0.2) is 59.5 Å². The summed E-state index contributed by atoms with van der Waals surface area (Å²) in [4.78, 5) is 13.2. The van der Waals surface area contributed by atoms with Gasteiger partial charge in [-0.2, -0.15) is 4.72 Å². The van der Waals surface area contributed by atoms with Crippen molar-refractivity contribution in [2.75, 3.05) is 14.1 Å². The van der Waals surface area contributed by atoms with Crippen LogP contribution in [0.4, 0.5) is 4.39 Å². The molecule has 0 heterocycles. The second-order valence-corrected chi connectivity index (χ2v) is 7.21. The van der Waals surface area contributed by atoms with Crippen LogP contribution < -0.4 is 4.72 Å². The third-order valence-electron chi connectivity index (χ3n) is 3.45. The number of hydrogen-bond donors (Lipinski definition) is 1. The van der Waals surface area contributed by atoms with Crippen molar-refractivity contribution in [2.45, 2.75) is 17.4 Å². The van der Waals surface area contributed by atoms with Crippen LogP contribution in [0, 0.1) is 5.82 Å². The van der Waals surface area contributed by atoms with Gasteiger partial charge in [0.1, 0.15) is 16.8 Å². The predicted octanol–water partition coefficient (Wildman–Crippen LogP) is 1.80. The number of sulfonamides is 1. The van der Waals surface area contributed by atoms with Crippen molar-refractivity contribution in [3.05, 3.63) is 66.0 Å². The van der Waals surface area contributed by atoms with E-state index in [1.807, 2.05) is 6.07 Å². The number of amides is 1. The van der Waals surface area contributed by atoms with E-state index < -0.39 is 32.7 Å². The number of carbonyl (C=O) groups excluding carboxylic acids is 1. The van der Waals surface area contributed by atoms with Crippen LogP contribution in [-0.4, -0.2) is 39.4 Å². The molecule has 7 heteroatoms. The van der Waals surface area contributed by atoms with Gasteiger partial charge in [-0.05, 0) is 24.1 Å². The number of nitrogens with zero attached hydrogens (tertiary/aromatic N) is 1. The molecule has 0 aliphatic carbocycles. The molecule has 1 N–H and O–H groups in total. The molecule has 0 aliphatic heterocycles. The third kappa shape index (κ3) is 4.39. The van der Waals surface area contributed by atoms with E-state index in [9.17, 15) is 17.6 Å². The molecule has 1 atom stereocenters. The lowest BCUT2D eigenvalue weighted by Crippen LogP contribution is -2.47. The Morgan fingerprint density at radius 3 is 2.25 bits per heavy atom. The highest BCUT2D eigenvalue weighted by atomic mass is 32.2. The van der Waals surface area contributed by atoms with Crippen molar-refractivity contribution in [3.63, 3.8) is 0 Å². The molecular formula is C17H19FN2O3S. The van der Waals surface area contributed by atoms with Crippen LogP contribution in [0.1, 0.15) is 5.56 Å². The number of likely N-dealkylation sites (N-methyl/N-ethyl adjacent to an activating group) is 1. The summed E-state index contributed by atoms with van der Waals surface area (Å²) in [6.45, 7) is 0. The van der Waals surface area contributed by atoms with Gasteiger partial charge in [0.2, 0.25) is 15.9 Å². The lowest BCUT2D eigenvalue weighted by atomic mass is 10.1. The molecule has 0 saturated carbocycles. The second kappa shape index (κ2) is 7.55. The summed E-state index contributed by atoms with van der Waals surface area (Å²) in [6, 6.07) is 13.1. The Balaban J connectivity index is 2.31. The van der Waals surface area contributed by atoms with Crippen LogP contribution in [0.5, 0.6) is 0 Å². The summed E-state index contributed by atoms with van der Waals surface area (Å²) in [5.74, 6) is -1.26. The fourth-order valence-electron chi connectivity index (χ4n) is 2.25. The van der Waals surface area contributed by atoms with Crippen LogP contribution in [-0.2, 0) is 21.2 Å². The van der Waals surface area contributed by atoms with Crippen LogP contribution in [0.3, 0.4) is 0 Å². The first-order valence-corrected chi connectivity index (χ1v) is 8.81. The molecule has 0 saturated heterocycles. The molecular weight excluding hydrogens is 331 g/mol. The van der Waals surface area contributed by atoms with E-state index in [2.05, 4.69) is 4.72 Å². The molecule has 0 aromatic heterocycles. The van der Waals surface area contributed by atoms with Gasteiger partial charge in [0.15, 0.2) is 0 Å². The minimum Gasteiger partial charge on any atom is -0.347 e. The number of halogens is 1. The molecule has 2 rings (SSSR count). The number of benzene rings is 2. The first-order valence-electron chi connectivity index (χ1n) is 7.33. The average Bonchev–Trinajstić information content (AvgIpc) is 2.54. The molecule has 2 aromatic rings. The van der Waals surface area contributed by atoms with E-state index in [-0.39, 0.29) is 6.42 Å². The first kappa shape index (κ1) is 18.1. The van der Waals surface area contributed by atoms with Gasteiger partial charge in [-0.3, -0.25) is 4.79 Å². The van der Waals surface area contributed by atoms with E-state index in [1.54, 1.807) is 24.3 Å². The standard InChI is InChI=1S/C17H19FN2O3S/c1-20(2)17(21)15(12-13-8-4-3-5-9-13)19-24(22,23)16-11-7-6-10-14(16)18/h3-11,15,19H,12H2,1-2H3. The zero-order valence-electron chi connectivity index (χ0n) is 13.4. The first-order chi connectivity index (χ1) is 11.3.